The Morgan fingerprint density at radius 2 is 2.33 bits per heavy atom. The minimum atomic E-state index is -0.371. The molecule has 0 aromatic carbocycles. The maximum atomic E-state index is 11.9. The van der Waals surface area contributed by atoms with E-state index >= 15 is 0 Å². The summed E-state index contributed by atoms with van der Waals surface area (Å²) in [6.45, 7) is 5.71. The van der Waals surface area contributed by atoms with Gasteiger partial charge in [0.2, 0.25) is 5.91 Å². The van der Waals surface area contributed by atoms with E-state index in [-0.39, 0.29) is 29.0 Å². The Morgan fingerprint density at radius 3 is 2.80 bits per heavy atom. The van der Waals surface area contributed by atoms with Crippen molar-refractivity contribution in [3.8, 4) is 0 Å². The molecule has 15 heavy (non-hydrogen) atoms. The number of hydrogen-bond acceptors (Lipinski definition) is 3. The highest BCUT2D eigenvalue weighted by Crippen LogP contribution is 2.19. The molecular formula is C10H17ClN2O2. The number of carbonyl (C=O) groups is 2. The van der Waals surface area contributed by atoms with Crippen LogP contribution in [0.3, 0.4) is 0 Å². The number of alkyl halides is 1. The van der Waals surface area contributed by atoms with Gasteiger partial charge in [0.1, 0.15) is 6.04 Å². The summed E-state index contributed by atoms with van der Waals surface area (Å²) >= 11 is 5.96. The van der Waals surface area contributed by atoms with E-state index in [1.807, 2.05) is 6.92 Å². The molecule has 1 N–H and O–H groups in total. The summed E-state index contributed by atoms with van der Waals surface area (Å²) in [5.74, 6) is -0.330. The third kappa shape index (κ3) is 2.49. The van der Waals surface area contributed by atoms with Crippen LogP contribution in [0, 0.1) is 5.92 Å². The molecule has 4 nitrogen and oxygen atoms in total. The maximum absolute atomic E-state index is 11.9. The van der Waals surface area contributed by atoms with Gasteiger partial charge in [0, 0.05) is 6.54 Å². The van der Waals surface area contributed by atoms with E-state index in [0.29, 0.717) is 13.0 Å². The second-order valence-electron chi connectivity index (χ2n) is 3.91. The summed E-state index contributed by atoms with van der Waals surface area (Å²) in [5.41, 5.74) is 2.91. The van der Waals surface area contributed by atoms with Gasteiger partial charge in [-0.15, -0.1) is 11.6 Å². The molecule has 1 amide bonds. The summed E-state index contributed by atoms with van der Waals surface area (Å²) in [7, 11) is 0. The van der Waals surface area contributed by atoms with E-state index < -0.39 is 0 Å². The SMILES string of the molecule is CC[C@H](C(C)=O)N1NCC(Cl)C(C)C1=O. The molecule has 3 atom stereocenters. The third-order valence-electron chi connectivity index (χ3n) is 2.79. The van der Waals surface area contributed by atoms with E-state index in [4.69, 9.17) is 11.6 Å². The van der Waals surface area contributed by atoms with Crippen molar-refractivity contribution < 1.29 is 9.59 Å². The Bertz CT molecular complexity index is 270. The fourth-order valence-corrected chi connectivity index (χ4v) is 1.91. The number of hydrazine groups is 1. The number of nitrogens with one attached hydrogen (secondary N) is 1. The molecule has 0 aromatic rings. The minimum Gasteiger partial charge on any atom is -0.298 e. The smallest absolute Gasteiger partial charge is 0.241 e. The first-order chi connectivity index (χ1) is 6.99. The van der Waals surface area contributed by atoms with Crippen molar-refractivity contribution in [2.24, 2.45) is 5.92 Å². The number of nitrogens with zero attached hydrogens (tertiary/aromatic N) is 1. The maximum Gasteiger partial charge on any atom is 0.241 e. The molecule has 5 heteroatoms. The normalized spacial score (nSPS) is 29.1. The summed E-state index contributed by atoms with van der Waals surface area (Å²) in [6, 6.07) is -0.371. The van der Waals surface area contributed by atoms with Crippen LogP contribution in [0.2, 0.25) is 0 Å². The van der Waals surface area contributed by atoms with Gasteiger partial charge in [0.15, 0.2) is 5.78 Å². The van der Waals surface area contributed by atoms with Crippen molar-refractivity contribution in [2.75, 3.05) is 6.54 Å². The largest absolute Gasteiger partial charge is 0.298 e. The molecule has 86 valence electrons. The van der Waals surface area contributed by atoms with Crippen LogP contribution < -0.4 is 5.43 Å². The molecule has 0 bridgehead atoms. The zero-order chi connectivity index (χ0) is 11.6. The molecular weight excluding hydrogens is 216 g/mol. The molecule has 1 heterocycles. The monoisotopic (exact) mass is 232 g/mol. The number of carbonyl (C=O) groups excluding carboxylic acids is 2. The summed E-state index contributed by atoms with van der Waals surface area (Å²) < 4.78 is 0. The van der Waals surface area contributed by atoms with Crippen LogP contribution in [0.1, 0.15) is 27.2 Å². The second kappa shape index (κ2) is 4.94. The number of rotatable bonds is 3. The lowest BCUT2D eigenvalue weighted by Gasteiger charge is -2.38. The Kier molecular flexibility index (Phi) is 4.11. The van der Waals surface area contributed by atoms with Crippen LogP contribution in [0.5, 0.6) is 0 Å². The van der Waals surface area contributed by atoms with Crippen molar-refractivity contribution >= 4 is 23.3 Å². The van der Waals surface area contributed by atoms with Crippen LogP contribution >= 0.6 is 11.6 Å². The molecule has 1 aliphatic heterocycles. The number of ketones is 1. The van der Waals surface area contributed by atoms with Crippen molar-refractivity contribution in [1.82, 2.24) is 10.4 Å². The quantitative estimate of drug-likeness (QED) is 0.737. The lowest BCUT2D eigenvalue weighted by atomic mass is 10.0. The summed E-state index contributed by atoms with van der Waals surface area (Å²) in [6.07, 6.45) is 0.619. The number of amides is 1. The zero-order valence-electron chi connectivity index (χ0n) is 9.29. The number of halogens is 1. The van der Waals surface area contributed by atoms with Gasteiger partial charge in [-0.05, 0) is 13.3 Å². The van der Waals surface area contributed by atoms with Gasteiger partial charge in [-0.2, -0.15) is 0 Å². The van der Waals surface area contributed by atoms with Crippen molar-refractivity contribution in [2.45, 2.75) is 38.6 Å². The fraction of sp³-hybridized carbons (Fsp3) is 0.800. The Hall–Kier alpha value is -0.610. The van der Waals surface area contributed by atoms with Crippen LogP contribution in [-0.2, 0) is 9.59 Å². The van der Waals surface area contributed by atoms with Gasteiger partial charge < -0.3 is 0 Å². The molecule has 1 saturated heterocycles. The molecule has 0 aliphatic carbocycles. The Labute approximate surface area is 94.9 Å². The number of hydrogen-bond donors (Lipinski definition) is 1. The van der Waals surface area contributed by atoms with Gasteiger partial charge in [-0.1, -0.05) is 13.8 Å². The Morgan fingerprint density at radius 1 is 1.73 bits per heavy atom. The van der Waals surface area contributed by atoms with Gasteiger partial charge in [-0.3, -0.25) is 14.6 Å². The van der Waals surface area contributed by atoms with E-state index in [1.165, 1.54) is 11.9 Å². The molecule has 0 spiro atoms. The zero-order valence-corrected chi connectivity index (χ0v) is 10.0. The molecule has 1 aliphatic rings. The van der Waals surface area contributed by atoms with Gasteiger partial charge >= 0.3 is 0 Å². The predicted octanol–water partition coefficient (Wildman–Crippen LogP) is 0.944. The molecule has 0 saturated carbocycles. The summed E-state index contributed by atoms with van der Waals surface area (Å²) in [4.78, 5) is 23.2. The average molecular weight is 233 g/mol. The van der Waals surface area contributed by atoms with Crippen LogP contribution in [0.15, 0.2) is 0 Å². The minimum absolute atomic E-state index is 0.00132. The highest BCUT2D eigenvalue weighted by Gasteiger charge is 2.36. The van der Waals surface area contributed by atoms with Crippen LogP contribution in [-0.4, -0.2) is 34.7 Å². The van der Waals surface area contributed by atoms with Crippen LogP contribution in [0.4, 0.5) is 0 Å². The van der Waals surface area contributed by atoms with Gasteiger partial charge in [0.05, 0.1) is 11.3 Å². The topological polar surface area (TPSA) is 49.4 Å². The van der Waals surface area contributed by atoms with E-state index in [1.54, 1.807) is 6.92 Å². The highest BCUT2D eigenvalue weighted by molar-refractivity contribution is 6.22. The second-order valence-corrected chi connectivity index (χ2v) is 4.47. The molecule has 1 fully saturated rings. The van der Waals surface area contributed by atoms with Gasteiger partial charge in [-0.25, -0.2) is 5.43 Å². The molecule has 2 unspecified atom stereocenters. The molecule has 0 aromatic heterocycles. The standard InChI is InChI=1S/C10H17ClN2O2/c1-4-9(7(3)14)13-10(15)6(2)8(11)5-12-13/h6,8-9,12H,4-5H2,1-3H3/t6?,8?,9-/m1/s1. The fourth-order valence-electron chi connectivity index (χ4n) is 1.73. The highest BCUT2D eigenvalue weighted by atomic mass is 35.5. The number of Topliss-reactive ketones (excluding diaryl/α,β-unsaturated/α-hetero) is 1. The van der Waals surface area contributed by atoms with Crippen LogP contribution in [0.25, 0.3) is 0 Å². The van der Waals surface area contributed by atoms with Crippen molar-refractivity contribution in [1.29, 1.82) is 0 Å². The average Bonchev–Trinajstić information content (AvgIpc) is 2.18. The Balaban J connectivity index is 2.78. The lowest BCUT2D eigenvalue weighted by Crippen LogP contribution is -2.60. The molecule has 1 rings (SSSR count). The van der Waals surface area contributed by atoms with E-state index in [2.05, 4.69) is 5.43 Å². The van der Waals surface area contributed by atoms with Gasteiger partial charge in [0.25, 0.3) is 0 Å². The first kappa shape index (κ1) is 12.5. The molecule has 0 radical (unpaired) electrons. The van der Waals surface area contributed by atoms with E-state index in [9.17, 15) is 9.59 Å². The van der Waals surface area contributed by atoms with E-state index in [0.717, 1.165) is 0 Å². The summed E-state index contributed by atoms with van der Waals surface area (Å²) in [5, 5.41) is 1.24. The van der Waals surface area contributed by atoms with Crippen molar-refractivity contribution in [3.05, 3.63) is 0 Å². The third-order valence-corrected chi connectivity index (χ3v) is 3.33. The van der Waals surface area contributed by atoms with Crippen molar-refractivity contribution in [3.63, 3.8) is 0 Å². The lowest BCUT2D eigenvalue weighted by molar-refractivity contribution is -0.149. The first-order valence-electron chi connectivity index (χ1n) is 5.20. The predicted molar refractivity (Wildman–Crippen MR) is 58.4 cm³/mol. The first-order valence-corrected chi connectivity index (χ1v) is 5.63.